The molecule has 0 saturated heterocycles. The van der Waals surface area contributed by atoms with Gasteiger partial charge >= 0.3 is 0 Å². The third-order valence-electron chi connectivity index (χ3n) is 3.03. The smallest absolute Gasteiger partial charge is 0.129 e. The van der Waals surface area contributed by atoms with E-state index in [4.69, 9.17) is 10.5 Å². The maximum Gasteiger partial charge on any atom is 0.129 e. The number of methoxy groups -OCH3 is 1. The molecular formula is C14H19N3O. The maximum atomic E-state index is 6.11. The van der Waals surface area contributed by atoms with E-state index in [0.29, 0.717) is 5.82 Å². The molecule has 0 spiro atoms. The van der Waals surface area contributed by atoms with E-state index in [1.807, 2.05) is 31.3 Å². The minimum atomic E-state index is 0.712. The van der Waals surface area contributed by atoms with Crippen molar-refractivity contribution < 1.29 is 4.74 Å². The van der Waals surface area contributed by atoms with Gasteiger partial charge in [0.25, 0.3) is 0 Å². The van der Waals surface area contributed by atoms with E-state index in [-0.39, 0.29) is 0 Å². The number of anilines is 1. The minimum absolute atomic E-state index is 0.712. The first-order valence-corrected chi connectivity index (χ1v) is 6.13. The average Bonchev–Trinajstić information content (AvgIpc) is 2.66. The van der Waals surface area contributed by atoms with Crippen molar-refractivity contribution in [2.45, 2.75) is 19.8 Å². The van der Waals surface area contributed by atoms with Crippen LogP contribution in [-0.2, 0) is 13.5 Å². The van der Waals surface area contributed by atoms with Crippen LogP contribution in [0.5, 0.6) is 5.75 Å². The third-order valence-corrected chi connectivity index (χ3v) is 3.03. The highest BCUT2D eigenvalue weighted by atomic mass is 16.5. The molecule has 2 aromatic rings. The number of aromatic nitrogens is 2. The molecule has 2 N–H and O–H groups in total. The summed E-state index contributed by atoms with van der Waals surface area (Å²) < 4.78 is 6.91. The van der Waals surface area contributed by atoms with Crippen molar-refractivity contribution in [1.29, 1.82) is 0 Å². The SMILES string of the molecule is CCCc1nn(C)c(N)c1-c1ccc(OC)cc1. The second kappa shape index (κ2) is 5.12. The maximum absolute atomic E-state index is 6.11. The lowest BCUT2D eigenvalue weighted by Gasteiger charge is -2.05. The van der Waals surface area contributed by atoms with E-state index in [0.717, 1.165) is 35.4 Å². The number of aryl methyl sites for hydroxylation is 2. The number of ether oxygens (including phenoxy) is 1. The van der Waals surface area contributed by atoms with Gasteiger partial charge in [0.2, 0.25) is 0 Å². The summed E-state index contributed by atoms with van der Waals surface area (Å²) in [6.45, 7) is 2.14. The van der Waals surface area contributed by atoms with Gasteiger partial charge in [0.1, 0.15) is 11.6 Å². The second-order valence-corrected chi connectivity index (χ2v) is 4.31. The number of benzene rings is 1. The van der Waals surface area contributed by atoms with Gasteiger partial charge in [0, 0.05) is 12.6 Å². The number of nitrogens with zero attached hydrogens (tertiary/aromatic N) is 2. The van der Waals surface area contributed by atoms with E-state index in [1.165, 1.54) is 0 Å². The normalized spacial score (nSPS) is 10.6. The zero-order valence-corrected chi connectivity index (χ0v) is 11.1. The Kier molecular flexibility index (Phi) is 3.55. The Balaban J connectivity index is 2.47. The van der Waals surface area contributed by atoms with Crippen molar-refractivity contribution in [3.8, 4) is 16.9 Å². The molecule has 0 aliphatic carbocycles. The summed E-state index contributed by atoms with van der Waals surface area (Å²) in [4.78, 5) is 0. The van der Waals surface area contributed by atoms with E-state index in [1.54, 1.807) is 11.8 Å². The molecule has 0 radical (unpaired) electrons. The zero-order chi connectivity index (χ0) is 13.1. The van der Waals surface area contributed by atoms with Crippen molar-refractivity contribution in [2.24, 2.45) is 7.05 Å². The van der Waals surface area contributed by atoms with Crippen molar-refractivity contribution in [1.82, 2.24) is 9.78 Å². The van der Waals surface area contributed by atoms with E-state index in [9.17, 15) is 0 Å². The molecule has 0 bridgehead atoms. The van der Waals surface area contributed by atoms with Gasteiger partial charge in [-0.1, -0.05) is 25.5 Å². The Morgan fingerprint density at radius 3 is 2.50 bits per heavy atom. The lowest BCUT2D eigenvalue weighted by atomic mass is 10.0. The summed E-state index contributed by atoms with van der Waals surface area (Å²) in [5.41, 5.74) is 9.29. The zero-order valence-electron chi connectivity index (χ0n) is 11.1. The van der Waals surface area contributed by atoms with Gasteiger partial charge in [0.15, 0.2) is 0 Å². The van der Waals surface area contributed by atoms with Crippen LogP contribution in [0.2, 0.25) is 0 Å². The van der Waals surface area contributed by atoms with Crippen molar-refractivity contribution in [3.05, 3.63) is 30.0 Å². The topological polar surface area (TPSA) is 53.1 Å². The first kappa shape index (κ1) is 12.5. The Hall–Kier alpha value is -1.97. The fraction of sp³-hybridized carbons (Fsp3) is 0.357. The monoisotopic (exact) mass is 245 g/mol. The van der Waals surface area contributed by atoms with Crippen molar-refractivity contribution in [2.75, 3.05) is 12.8 Å². The Morgan fingerprint density at radius 2 is 1.94 bits per heavy atom. The van der Waals surface area contributed by atoms with Crippen LogP contribution in [-0.4, -0.2) is 16.9 Å². The van der Waals surface area contributed by atoms with Crippen LogP contribution < -0.4 is 10.5 Å². The molecule has 0 atom stereocenters. The molecule has 18 heavy (non-hydrogen) atoms. The predicted octanol–water partition coefficient (Wildman–Crippen LogP) is 2.63. The first-order valence-electron chi connectivity index (χ1n) is 6.13. The minimum Gasteiger partial charge on any atom is -0.497 e. The highest BCUT2D eigenvalue weighted by Gasteiger charge is 2.14. The Bertz CT molecular complexity index is 529. The quantitative estimate of drug-likeness (QED) is 0.900. The molecule has 2 rings (SSSR count). The summed E-state index contributed by atoms with van der Waals surface area (Å²) >= 11 is 0. The summed E-state index contributed by atoms with van der Waals surface area (Å²) in [6, 6.07) is 7.92. The largest absolute Gasteiger partial charge is 0.497 e. The number of hydrogen-bond acceptors (Lipinski definition) is 3. The van der Waals surface area contributed by atoms with Crippen LogP contribution in [0.1, 0.15) is 19.0 Å². The van der Waals surface area contributed by atoms with Gasteiger partial charge in [-0.15, -0.1) is 0 Å². The van der Waals surface area contributed by atoms with E-state index < -0.39 is 0 Å². The second-order valence-electron chi connectivity index (χ2n) is 4.31. The molecule has 0 amide bonds. The third kappa shape index (κ3) is 2.18. The predicted molar refractivity (Wildman–Crippen MR) is 73.6 cm³/mol. The van der Waals surface area contributed by atoms with Crippen molar-refractivity contribution in [3.63, 3.8) is 0 Å². The van der Waals surface area contributed by atoms with Crippen LogP contribution in [0.4, 0.5) is 5.82 Å². The summed E-state index contributed by atoms with van der Waals surface area (Å²) in [5.74, 6) is 1.56. The van der Waals surface area contributed by atoms with Crippen LogP contribution in [0.3, 0.4) is 0 Å². The highest BCUT2D eigenvalue weighted by molar-refractivity contribution is 5.77. The molecule has 1 aromatic carbocycles. The van der Waals surface area contributed by atoms with Crippen LogP contribution in [0.15, 0.2) is 24.3 Å². The molecular weight excluding hydrogens is 226 g/mol. The van der Waals surface area contributed by atoms with Gasteiger partial charge < -0.3 is 10.5 Å². The molecule has 4 nitrogen and oxygen atoms in total. The lowest BCUT2D eigenvalue weighted by Crippen LogP contribution is -1.98. The molecule has 0 saturated carbocycles. The Morgan fingerprint density at radius 1 is 1.28 bits per heavy atom. The number of hydrogen-bond donors (Lipinski definition) is 1. The average molecular weight is 245 g/mol. The molecule has 0 aliphatic rings. The number of nitrogens with two attached hydrogens (primary N) is 1. The van der Waals surface area contributed by atoms with Gasteiger partial charge in [-0.3, -0.25) is 4.68 Å². The molecule has 4 heteroatoms. The van der Waals surface area contributed by atoms with E-state index in [2.05, 4.69) is 12.0 Å². The fourth-order valence-corrected chi connectivity index (χ4v) is 2.08. The summed E-state index contributed by atoms with van der Waals surface area (Å²) in [7, 11) is 3.54. The summed E-state index contributed by atoms with van der Waals surface area (Å²) in [5, 5.41) is 4.48. The van der Waals surface area contributed by atoms with Gasteiger partial charge in [-0.05, 0) is 24.1 Å². The molecule has 0 aliphatic heterocycles. The van der Waals surface area contributed by atoms with Gasteiger partial charge in [-0.2, -0.15) is 5.10 Å². The molecule has 96 valence electrons. The molecule has 1 aromatic heterocycles. The standard InChI is InChI=1S/C14H19N3O/c1-4-5-12-13(14(15)17(2)16-12)10-6-8-11(18-3)9-7-10/h6-9H,4-5,15H2,1-3H3. The summed E-state index contributed by atoms with van der Waals surface area (Å²) in [6.07, 6.45) is 1.99. The molecule has 1 heterocycles. The molecule has 0 fully saturated rings. The van der Waals surface area contributed by atoms with Gasteiger partial charge in [-0.25, -0.2) is 0 Å². The van der Waals surface area contributed by atoms with Gasteiger partial charge in [0.05, 0.1) is 12.8 Å². The highest BCUT2D eigenvalue weighted by Crippen LogP contribution is 2.31. The van der Waals surface area contributed by atoms with Crippen LogP contribution >= 0.6 is 0 Å². The first-order chi connectivity index (χ1) is 8.67. The lowest BCUT2D eigenvalue weighted by molar-refractivity contribution is 0.415. The Labute approximate surface area is 107 Å². The van der Waals surface area contributed by atoms with Crippen LogP contribution in [0, 0.1) is 0 Å². The van der Waals surface area contributed by atoms with E-state index >= 15 is 0 Å². The number of nitrogen functional groups attached to an aromatic ring is 1. The number of rotatable bonds is 4. The molecule has 0 unspecified atom stereocenters. The fourth-order valence-electron chi connectivity index (χ4n) is 2.08. The van der Waals surface area contributed by atoms with Crippen LogP contribution in [0.25, 0.3) is 11.1 Å². The van der Waals surface area contributed by atoms with Crippen molar-refractivity contribution >= 4 is 5.82 Å².